The van der Waals surface area contributed by atoms with E-state index < -0.39 is 0 Å². The lowest BCUT2D eigenvalue weighted by Crippen LogP contribution is -2.02. The number of aliphatic hydroxyl groups excluding tert-OH is 1. The van der Waals surface area contributed by atoms with Crippen molar-refractivity contribution in [2.75, 3.05) is 12.4 Å². The van der Waals surface area contributed by atoms with Crippen LogP contribution in [-0.2, 0) is 12.3 Å². The first kappa shape index (κ1) is 15.8. The molecule has 0 unspecified atom stereocenters. The summed E-state index contributed by atoms with van der Waals surface area (Å²) in [5, 5.41) is 18.3. The van der Waals surface area contributed by atoms with Crippen LogP contribution in [0.5, 0.6) is 0 Å². The SMILES string of the molecule is CCn1c(CSc2nc3ccccc3s2)nnc1SCCO. The molecule has 0 spiro atoms. The van der Waals surface area contributed by atoms with E-state index in [2.05, 4.69) is 32.7 Å². The summed E-state index contributed by atoms with van der Waals surface area (Å²) in [5.41, 5.74) is 1.05. The first-order valence-corrected chi connectivity index (χ1v) is 9.74. The molecule has 0 saturated heterocycles. The number of benzene rings is 1. The number of para-hydroxylation sites is 1. The quantitative estimate of drug-likeness (QED) is 0.658. The van der Waals surface area contributed by atoms with E-state index in [4.69, 9.17) is 5.11 Å². The number of thiazole rings is 1. The first-order chi connectivity index (χ1) is 10.8. The molecule has 0 aliphatic heterocycles. The molecule has 0 atom stereocenters. The average Bonchev–Trinajstić information content (AvgIpc) is 3.13. The second-order valence-electron chi connectivity index (χ2n) is 4.45. The van der Waals surface area contributed by atoms with Crippen LogP contribution >= 0.6 is 34.9 Å². The molecule has 22 heavy (non-hydrogen) atoms. The van der Waals surface area contributed by atoms with Crippen molar-refractivity contribution < 1.29 is 5.11 Å². The van der Waals surface area contributed by atoms with E-state index in [1.54, 1.807) is 23.1 Å². The highest BCUT2D eigenvalue weighted by molar-refractivity contribution is 8.00. The summed E-state index contributed by atoms with van der Waals surface area (Å²) in [7, 11) is 0. The molecular weight excluding hydrogens is 336 g/mol. The van der Waals surface area contributed by atoms with E-state index in [0.717, 1.165) is 33.1 Å². The fraction of sp³-hybridized carbons (Fsp3) is 0.357. The maximum atomic E-state index is 8.93. The predicted octanol–water partition coefficient (Wildman–Crippen LogP) is 3.28. The van der Waals surface area contributed by atoms with Gasteiger partial charge < -0.3 is 9.67 Å². The number of hydrogen-bond acceptors (Lipinski definition) is 7. The number of thioether (sulfide) groups is 2. The molecule has 1 N–H and O–H groups in total. The van der Waals surface area contributed by atoms with Crippen molar-refractivity contribution in [1.82, 2.24) is 19.7 Å². The Bertz CT molecular complexity index is 722. The molecule has 0 amide bonds. The van der Waals surface area contributed by atoms with E-state index in [0.29, 0.717) is 5.75 Å². The molecule has 2 heterocycles. The smallest absolute Gasteiger partial charge is 0.191 e. The van der Waals surface area contributed by atoms with Crippen molar-refractivity contribution >= 4 is 45.1 Å². The summed E-state index contributed by atoms with van der Waals surface area (Å²) in [6, 6.07) is 8.17. The average molecular weight is 353 g/mol. The van der Waals surface area contributed by atoms with Crippen LogP contribution in [0.4, 0.5) is 0 Å². The van der Waals surface area contributed by atoms with Crippen molar-refractivity contribution in [3.05, 3.63) is 30.1 Å². The topological polar surface area (TPSA) is 63.8 Å². The van der Waals surface area contributed by atoms with Crippen molar-refractivity contribution in [3.63, 3.8) is 0 Å². The van der Waals surface area contributed by atoms with Crippen LogP contribution in [0.15, 0.2) is 33.8 Å². The molecule has 116 valence electrons. The molecule has 0 aliphatic rings. The zero-order valence-corrected chi connectivity index (χ0v) is 14.5. The van der Waals surface area contributed by atoms with Crippen LogP contribution in [0.1, 0.15) is 12.7 Å². The van der Waals surface area contributed by atoms with E-state index in [1.807, 2.05) is 18.2 Å². The van der Waals surface area contributed by atoms with Crippen LogP contribution in [0.3, 0.4) is 0 Å². The van der Waals surface area contributed by atoms with Gasteiger partial charge in [0.2, 0.25) is 0 Å². The number of aliphatic hydroxyl groups is 1. The summed E-state index contributed by atoms with van der Waals surface area (Å²) in [5.74, 6) is 2.34. The van der Waals surface area contributed by atoms with Crippen molar-refractivity contribution in [2.45, 2.75) is 28.7 Å². The summed E-state index contributed by atoms with van der Waals surface area (Å²) in [6.07, 6.45) is 0. The minimum Gasteiger partial charge on any atom is -0.396 e. The van der Waals surface area contributed by atoms with Crippen LogP contribution in [0.2, 0.25) is 0 Å². The molecule has 3 rings (SSSR count). The van der Waals surface area contributed by atoms with Gasteiger partial charge in [0.15, 0.2) is 9.50 Å². The minimum atomic E-state index is 0.150. The van der Waals surface area contributed by atoms with Gasteiger partial charge in [-0.15, -0.1) is 21.5 Å². The van der Waals surface area contributed by atoms with Gasteiger partial charge in [-0.05, 0) is 19.1 Å². The molecule has 2 aromatic heterocycles. The molecule has 8 heteroatoms. The summed E-state index contributed by atoms with van der Waals surface area (Å²) in [4.78, 5) is 4.63. The summed E-state index contributed by atoms with van der Waals surface area (Å²) >= 11 is 4.93. The third-order valence-electron chi connectivity index (χ3n) is 3.03. The fourth-order valence-electron chi connectivity index (χ4n) is 2.03. The minimum absolute atomic E-state index is 0.150. The van der Waals surface area contributed by atoms with Crippen LogP contribution < -0.4 is 0 Å². The third kappa shape index (κ3) is 3.45. The number of aromatic nitrogens is 4. The number of nitrogens with zero attached hydrogens (tertiary/aromatic N) is 4. The summed E-state index contributed by atoms with van der Waals surface area (Å²) in [6.45, 7) is 3.06. The Labute approximate surface area is 141 Å². The maximum Gasteiger partial charge on any atom is 0.191 e. The first-order valence-electron chi connectivity index (χ1n) is 6.96. The lowest BCUT2D eigenvalue weighted by Gasteiger charge is -2.05. The Morgan fingerprint density at radius 3 is 2.86 bits per heavy atom. The van der Waals surface area contributed by atoms with Crippen LogP contribution in [0, 0.1) is 0 Å². The van der Waals surface area contributed by atoms with Gasteiger partial charge in [-0.25, -0.2) is 4.98 Å². The van der Waals surface area contributed by atoms with Crippen LogP contribution in [-0.4, -0.2) is 37.2 Å². The fourth-order valence-corrected chi connectivity index (χ4v) is 4.80. The molecule has 0 bridgehead atoms. The molecule has 1 aromatic carbocycles. The number of fused-ring (bicyclic) bond motifs is 1. The Balaban J connectivity index is 1.71. The summed E-state index contributed by atoms with van der Waals surface area (Å²) < 4.78 is 4.36. The van der Waals surface area contributed by atoms with E-state index in [1.165, 1.54) is 16.5 Å². The Hall–Kier alpha value is -1.09. The molecule has 0 radical (unpaired) electrons. The van der Waals surface area contributed by atoms with Gasteiger partial charge in [-0.1, -0.05) is 35.7 Å². The number of rotatable bonds is 7. The maximum absolute atomic E-state index is 8.93. The Morgan fingerprint density at radius 2 is 2.09 bits per heavy atom. The standard InChI is InChI=1S/C14H16N4OS3/c1-2-18-12(16-17-13(18)20-8-7-19)9-21-14-15-10-5-3-4-6-11(10)22-14/h3-6,19H,2,7-9H2,1H3. The largest absolute Gasteiger partial charge is 0.396 e. The van der Waals surface area contributed by atoms with Crippen molar-refractivity contribution in [1.29, 1.82) is 0 Å². The highest BCUT2D eigenvalue weighted by atomic mass is 32.2. The van der Waals surface area contributed by atoms with Gasteiger partial charge in [-0.2, -0.15) is 0 Å². The Kier molecular flexibility index (Phi) is 5.35. The molecule has 5 nitrogen and oxygen atoms in total. The van der Waals surface area contributed by atoms with Gasteiger partial charge in [-0.3, -0.25) is 0 Å². The van der Waals surface area contributed by atoms with Gasteiger partial charge in [0, 0.05) is 12.3 Å². The molecule has 3 aromatic rings. The van der Waals surface area contributed by atoms with E-state index in [9.17, 15) is 0 Å². The Morgan fingerprint density at radius 1 is 1.23 bits per heavy atom. The van der Waals surface area contributed by atoms with E-state index >= 15 is 0 Å². The monoisotopic (exact) mass is 352 g/mol. The highest BCUT2D eigenvalue weighted by Gasteiger charge is 2.12. The van der Waals surface area contributed by atoms with Gasteiger partial charge in [0.1, 0.15) is 5.82 Å². The van der Waals surface area contributed by atoms with Crippen molar-refractivity contribution in [2.24, 2.45) is 0 Å². The number of hydrogen-bond donors (Lipinski definition) is 1. The van der Waals surface area contributed by atoms with Gasteiger partial charge in [0.05, 0.1) is 22.6 Å². The van der Waals surface area contributed by atoms with Crippen molar-refractivity contribution in [3.8, 4) is 0 Å². The highest BCUT2D eigenvalue weighted by Crippen LogP contribution is 2.31. The molecular formula is C14H16N4OS3. The third-order valence-corrected chi connectivity index (χ3v) is 6.15. The second-order valence-corrected chi connectivity index (χ2v) is 7.77. The zero-order valence-electron chi connectivity index (χ0n) is 12.1. The normalized spacial score (nSPS) is 11.4. The van der Waals surface area contributed by atoms with Gasteiger partial charge in [0.25, 0.3) is 0 Å². The lowest BCUT2D eigenvalue weighted by molar-refractivity contribution is 0.322. The second kappa shape index (κ2) is 7.45. The van der Waals surface area contributed by atoms with E-state index in [-0.39, 0.29) is 6.61 Å². The lowest BCUT2D eigenvalue weighted by atomic mass is 10.3. The predicted molar refractivity (Wildman–Crippen MR) is 92.7 cm³/mol. The molecule has 0 fully saturated rings. The zero-order chi connectivity index (χ0) is 15.4. The molecule has 0 saturated carbocycles. The van der Waals surface area contributed by atoms with Gasteiger partial charge >= 0.3 is 0 Å². The molecule has 0 aliphatic carbocycles. The van der Waals surface area contributed by atoms with Crippen LogP contribution in [0.25, 0.3) is 10.2 Å².